The van der Waals surface area contributed by atoms with Gasteiger partial charge in [-0.15, -0.1) is 0 Å². The summed E-state index contributed by atoms with van der Waals surface area (Å²) in [6.07, 6.45) is 2.99. The van der Waals surface area contributed by atoms with Gasteiger partial charge in [0.2, 0.25) is 0 Å². The Kier molecular flexibility index (Phi) is 2.54. The van der Waals surface area contributed by atoms with Gasteiger partial charge >= 0.3 is 0 Å². The Bertz CT molecular complexity index is 871. The van der Waals surface area contributed by atoms with Crippen LogP contribution in [0, 0.1) is 5.82 Å². The van der Waals surface area contributed by atoms with Crippen LogP contribution < -0.4 is 10.6 Å². The second-order valence-corrected chi connectivity index (χ2v) is 6.92. The number of hydrogen-bond acceptors (Lipinski definition) is 3. The molecule has 0 aromatic carbocycles. The van der Waals surface area contributed by atoms with Crippen molar-refractivity contribution in [3.63, 3.8) is 0 Å². The lowest BCUT2D eigenvalue weighted by Crippen LogP contribution is -2.64. The predicted molar refractivity (Wildman–Crippen MR) is 83.3 cm³/mol. The maximum atomic E-state index is 14.6. The standard InChI is InChI=1S/C16H14ClFN4O/c17-14-11(18)9-7(3-20-14)1-2-8-10-13(22-12(8)9)16(4-19-5-16)6-21-15(10)23/h3,19,22H,1-2,4-6H2,(H,21,23). The van der Waals surface area contributed by atoms with Gasteiger partial charge in [-0.1, -0.05) is 11.6 Å². The van der Waals surface area contributed by atoms with Gasteiger partial charge in [0.1, 0.15) is 0 Å². The molecule has 2 aliphatic heterocycles. The molecule has 0 unspecified atom stereocenters. The maximum absolute atomic E-state index is 14.6. The SMILES string of the molecule is O=C1NCC2(CNC2)c2[nH]c3c(c21)CCc1cnc(Cl)c(F)c1-3. The van der Waals surface area contributed by atoms with E-state index in [0.29, 0.717) is 36.2 Å². The van der Waals surface area contributed by atoms with Gasteiger partial charge in [0.25, 0.3) is 5.91 Å². The van der Waals surface area contributed by atoms with Gasteiger partial charge in [-0.3, -0.25) is 4.79 Å². The molecule has 1 aliphatic carbocycles. The lowest BCUT2D eigenvalue weighted by molar-refractivity contribution is 0.0905. The molecule has 3 aliphatic rings. The molecule has 0 atom stereocenters. The fraction of sp³-hybridized carbons (Fsp3) is 0.375. The maximum Gasteiger partial charge on any atom is 0.253 e. The van der Waals surface area contributed by atoms with Crippen molar-refractivity contribution < 1.29 is 9.18 Å². The minimum absolute atomic E-state index is 0.0703. The first-order chi connectivity index (χ1) is 11.1. The van der Waals surface area contributed by atoms with Gasteiger partial charge in [0.15, 0.2) is 11.0 Å². The zero-order valence-electron chi connectivity index (χ0n) is 12.2. The van der Waals surface area contributed by atoms with Crippen molar-refractivity contribution in [3.05, 3.63) is 39.6 Å². The second-order valence-electron chi connectivity index (χ2n) is 6.56. The van der Waals surface area contributed by atoms with Gasteiger partial charge in [-0.2, -0.15) is 0 Å². The summed E-state index contributed by atoms with van der Waals surface area (Å²) < 4.78 is 14.6. The summed E-state index contributed by atoms with van der Waals surface area (Å²) in [6.45, 7) is 2.23. The second kappa shape index (κ2) is 4.33. The highest BCUT2D eigenvalue weighted by Gasteiger charge is 2.47. The highest BCUT2D eigenvalue weighted by atomic mass is 35.5. The Morgan fingerprint density at radius 1 is 1.22 bits per heavy atom. The smallest absolute Gasteiger partial charge is 0.253 e. The van der Waals surface area contributed by atoms with Crippen molar-refractivity contribution in [3.8, 4) is 11.3 Å². The van der Waals surface area contributed by atoms with Gasteiger partial charge in [0.05, 0.1) is 16.7 Å². The van der Waals surface area contributed by atoms with Crippen molar-refractivity contribution in [2.45, 2.75) is 18.3 Å². The first-order valence-corrected chi connectivity index (χ1v) is 8.06. The number of nitrogens with zero attached hydrogens (tertiary/aromatic N) is 1. The van der Waals surface area contributed by atoms with Gasteiger partial charge in [-0.25, -0.2) is 9.37 Å². The molecular weight excluding hydrogens is 319 g/mol. The topological polar surface area (TPSA) is 69.8 Å². The highest BCUT2D eigenvalue weighted by molar-refractivity contribution is 6.29. The molecule has 1 saturated heterocycles. The van der Waals surface area contributed by atoms with E-state index < -0.39 is 5.82 Å². The van der Waals surface area contributed by atoms with E-state index in [2.05, 4.69) is 20.6 Å². The third-order valence-electron chi connectivity index (χ3n) is 5.32. The molecule has 7 heteroatoms. The summed E-state index contributed by atoms with van der Waals surface area (Å²) >= 11 is 5.87. The fourth-order valence-corrected chi connectivity index (χ4v) is 4.17. The first-order valence-electron chi connectivity index (χ1n) is 7.68. The minimum atomic E-state index is -0.509. The van der Waals surface area contributed by atoms with Gasteiger partial charge < -0.3 is 15.6 Å². The largest absolute Gasteiger partial charge is 0.357 e. The van der Waals surface area contributed by atoms with Crippen molar-refractivity contribution in [2.75, 3.05) is 19.6 Å². The molecular formula is C16H14ClFN4O. The van der Waals surface area contributed by atoms with Crippen LogP contribution in [0.4, 0.5) is 4.39 Å². The van der Waals surface area contributed by atoms with E-state index in [1.165, 1.54) is 0 Å². The molecule has 5 rings (SSSR count). The molecule has 0 radical (unpaired) electrons. The molecule has 3 N–H and O–H groups in total. The van der Waals surface area contributed by atoms with E-state index in [1.54, 1.807) is 6.20 Å². The average molecular weight is 333 g/mol. The summed E-state index contributed by atoms with van der Waals surface area (Å²) in [6, 6.07) is 0. The molecule has 4 heterocycles. The van der Waals surface area contributed by atoms with Crippen molar-refractivity contribution in [2.24, 2.45) is 0 Å². The molecule has 2 aromatic rings. The first kappa shape index (κ1) is 13.5. The lowest BCUT2D eigenvalue weighted by atomic mass is 9.74. The number of halogens is 2. The Morgan fingerprint density at radius 3 is 2.78 bits per heavy atom. The third kappa shape index (κ3) is 1.60. The van der Waals surface area contributed by atoms with Crippen LogP contribution in [-0.4, -0.2) is 35.5 Å². The summed E-state index contributed by atoms with van der Waals surface area (Å²) in [5, 5.41) is 6.13. The quantitative estimate of drug-likeness (QED) is 0.641. The molecule has 2 aromatic heterocycles. The number of carbonyl (C=O) groups excluding carboxylic acids is 1. The molecule has 5 nitrogen and oxygen atoms in total. The third-order valence-corrected chi connectivity index (χ3v) is 5.59. The van der Waals surface area contributed by atoms with Crippen molar-refractivity contribution in [1.29, 1.82) is 0 Å². The molecule has 0 saturated carbocycles. The number of aromatic amines is 1. The van der Waals surface area contributed by atoms with E-state index in [0.717, 1.165) is 29.9 Å². The van der Waals surface area contributed by atoms with Crippen LogP contribution in [0.2, 0.25) is 5.15 Å². The van der Waals surface area contributed by atoms with E-state index in [-0.39, 0.29) is 16.5 Å². The number of amides is 1. The average Bonchev–Trinajstić information content (AvgIpc) is 2.90. The van der Waals surface area contributed by atoms with Crippen LogP contribution in [0.3, 0.4) is 0 Å². The Labute approximate surface area is 136 Å². The van der Waals surface area contributed by atoms with Crippen LogP contribution in [0.5, 0.6) is 0 Å². The number of fused-ring (bicyclic) bond motifs is 6. The summed E-state index contributed by atoms with van der Waals surface area (Å²) in [4.78, 5) is 19.7. The molecule has 118 valence electrons. The summed E-state index contributed by atoms with van der Waals surface area (Å²) in [7, 11) is 0. The summed E-state index contributed by atoms with van der Waals surface area (Å²) in [5.41, 5.74) is 4.43. The van der Waals surface area contributed by atoms with Crippen LogP contribution >= 0.6 is 11.6 Å². The number of rotatable bonds is 0. The highest BCUT2D eigenvalue weighted by Crippen LogP contribution is 2.43. The number of pyridine rings is 1. The molecule has 1 amide bonds. The van der Waals surface area contributed by atoms with Crippen LogP contribution in [0.15, 0.2) is 6.20 Å². The van der Waals surface area contributed by atoms with E-state index in [4.69, 9.17) is 11.6 Å². The Morgan fingerprint density at radius 2 is 2.04 bits per heavy atom. The zero-order chi connectivity index (χ0) is 15.8. The van der Waals surface area contributed by atoms with Gasteiger partial charge in [0, 0.05) is 37.1 Å². The number of carbonyl (C=O) groups is 1. The van der Waals surface area contributed by atoms with Crippen molar-refractivity contribution >= 4 is 17.5 Å². The van der Waals surface area contributed by atoms with E-state index >= 15 is 0 Å². The van der Waals surface area contributed by atoms with Crippen LogP contribution in [0.1, 0.15) is 27.2 Å². The van der Waals surface area contributed by atoms with E-state index in [1.807, 2.05) is 0 Å². The van der Waals surface area contributed by atoms with Crippen LogP contribution in [0.25, 0.3) is 11.3 Å². The lowest BCUT2D eigenvalue weighted by Gasteiger charge is -2.45. The van der Waals surface area contributed by atoms with Crippen molar-refractivity contribution in [1.82, 2.24) is 20.6 Å². The normalized spacial score (nSPS) is 20.3. The number of hydrogen-bond donors (Lipinski definition) is 3. The Balaban J connectivity index is 1.80. The minimum Gasteiger partial charge on any atom is -0.357 e. The number of nitrogens with one attached hydrogen (secondary N) is 3. The summed E-state index contributed by atoms with van der Waals surface area (Å²) in [5.74, 6) is -0.580. The Hall–Kier alpha value is -1.92. The number of H-pyrrole nitrogens is 1. The number of aromatic nitrogens is 2. The van der Waals surface area contributed by atoms with Crippen LogP contribution in [-0.2, 0) is 18.3 Å². The fourth-order valence-electron chi connectivity index (χ4n) is 4.02. The zero-order valence-corrected chi connectivity index (χ0v) is 13.0. The molecule has 1 spiro atoms. The van der Waals surface area contributed by atoms with E-state index in [9.17, 15) is 9.18 Å². The number of aryl methyl sites for hydroxylation is 1. The van der Waals surface area contributed by atoms with Gasteiger partial charge in [-0.05, 0) is 24.0 Å². The molecule has 0 bridgehead atoms. The predicted octanol–water partition coefficient (Wildman–Crippen LogP) is 1.55. The molecule has 1 fully saturated rings. The monoisotopic (exact) mass is 332 g/mol. The molecule has 23 heavy (non-hydrogen) atoms.